The lowest BCUT2D eigenvalue weighted by Crippen LogP contribution is -2.29. The van der Waals surface area contributed by atoms with Crippen LogP contribution in [0, 0.1) is 13.8 Å². The second kappa shape index (κ2) is 9.40. The van der Waals surface area contributed by atoms with Crippen LogP contribution in [0.4, 0.5) is 11.4 Å². The van der Waals surface area contributed by atoms with Gasteiger partial charge in [0, 0.05) is 21.7 Å². The maximum atomic E-state index is 15.4. The molecule has 0 aliphatic heterocycles. The first-order valence-electron chi connectivity index (χ1n) is 11.6. The highest BCUT2D eigenvalue weighted by Crippen LogP contribution is 2.48. The molecule has 0 amide bonds. The van der Waals surface area contributed by atoms with Crippen molar-refractivity contribution in [2.45, 2.75) is 13.8 Å². The smallest absolute Gasteiger partial charge is 0.174 e. The molecule has 0 saturated carbocycles. The van der Waals surface area contributed by atoms with Crippen LogP contribution in [-0.4, -0.2) is 12.1 Å². The molecule has 0 aliphatic carbocycles. The third kappa shape index (κ3) is 4.00. The number of hydrogen-bond acceptors (Lipinski definition) is 4. The predicted octanol–water partition coefficient (Wildman–Crippen LogP) is 6.24. The maximum absolute atomic E-state index is 15.4. The molecule has 0 aliphatic rings. The number of aromatic nitrogens is 1. The molecule has 0 fully saturated rings. The summed E-state index contributed by atoms with van der Waals surface area (Å²) in [6.45, 7) is 4.00. The van der Waals surface area contributed by atoms with E-state index in [-0.39, 0.29) is 0 Å². The van der Waals surface area contributed by atoms with Gasteiger partial charge >= 0.3 is 0 Å². The molecular formula is C30H27N2O2P. The van der Waals surface area contributed by atoms with E-state index >= 15 is 4.57 Å². The predicted molar refractivity (Wildman–Crippen MR) is 147 cm³/mol. The monoisotopic (exact) mass is 478 g/mol. The second-order valence-corrected chi connectivity index (χ2v) is 11.2. The number of pyridine rings is 1. The van der Waals surface area contributed by atoms with E-state index in [1.165, 1.54) is 0 Å². The molecule has 4 nitrogen and oxygen atoms in total. The molecule has 1 aromatic heterocycles. The summed E-state index contributed by atoms with van der Waals surface area (Å²) >= 11 is 0. The molecule has 0 saturated heterocycles. The van der Waals surface area contributed by atoms with Crippen molar-refractivity contribution in [1.29, 1.82) is 0 Å². The fraction of sp³-hybridized carbons (Fsp3) is 0.100. The number of hydrogen-bond donors (Lipinski definition) is 1. The number of methoxy groups -OCH3 is 1. The lowest BCUT2D eigenvalue weighted by atomic mass is 10.1. The van der Waals surface area contributed by atoms with Crippen LogP contribution in [-0.2, 0) is 4.57 Å². The number of anilines is 2. The van der Waals surface area contributed by atoms with Crippen molar-refractivity contribution in [2.24, 2.45) is 0 Å². The molecule has 5 heteroatoms. The zero-order chi connectivity index (χ0) is 24.4. The van der Waals surface area contributed by atoms with Gasteiger partial charge in [0.1, 0.15) is 11.3 Å². The molecule has 0 bridgehead atoms. The highest BCUT2D eigenvalue weighted by molar-refractivity contribution is 7.85. The molecule has 35 heavy (non-hydrogen) atoms. The van der Waals surface area contributed by atoms with E-state index in [1.807, 2.05) is 104 Å². The Labute approximate surface area is 206 Å². The van der Waals surface area contributed by atoms with Crippen molar-refractivity contribution in [1.82, 2.24) is 4.98 Å². The topological polar surface area (TPSA) is 51.2 Å². The normalized spacial score (nSPS) is 11.4. The molecule has 174 valence electrons. The Morgan fingerprint density at radius 2 is 1.34 bits per heavy atom. The summed E-state index contributed by atoms with van der Waals surface area (Å²) in [5, 5.41) is 6.76. The standard InChI is InChI=1S/C30H27N2O2P/c1-21-13-10-11-19-26(21)32-29-25-18-12-20-27(34-3)28(25)31-22(2)30(29)35(33,23-14-6-4-7-15-23)24-16-8-5-9-17-24/h4-20H,1-3H3,(H,31,32). The Balaban J connectivity index is 1.91. The number of para-hydroxylation sites is 2. The van der Waals surface area contributed by atoms with Gasteiger partial charge in [0.05, 0.1) is 23.8 Å². The minimum absolute atomic E-state index is 0.680. The summed E-state index contributed by atoms with van der Waals surface area (Å²) in [6.07, 6.45) is 0. The van der Waals surface area contributed by atoms with Gasteiger partial charge in [0.25, 0.3) is 0 Å². The number of nitrogens with one attached hydrogen (secondary N) is 1. The van der Waals surface area contributed by atoms with Crippen LogP contribution in [0.15, 0.2) is 103 Å². The molecular weight excluding hydrogens is 451 g/mol. The van der Waals surface area contributed by atoms with Crippen LogP contribution < -0.4 is 26.0 Å². The Morgan fingerprint density at radius 1 is 0.743 bits per heavy atom. The summed E-state index contributed by atoms with van der Waals surface area (Å²) in [7, 11) is -1.65. The first-order chi connectivity index (χ1) is 17.0. The van der Waals surface area contributed by atoms with E-state index < -0.39 is 7.14 Å². The van der Waals surface area contributed by atoms with Crippen LogP contribution in [0.2, 0.25) is 0 Å². The third-order valence-electron chi connectivity index (χ3n) is 6.31. The summed E-state index contributed by atoms with van der Waals surface area (Å²) in [5.74, 6) is 0.680. The molecule has 5 rings (SSSR count). The van der Waals surface area contributed by atoms with Gasteiger partial charge in [-0.05, 0) is 31.5 Å². The molecule has 0 radical (unpaired) electrons. The minimum Gasteiger partial charge on any atom is -0.494 e. The molecule has 1 heterocycles. The van der Waals surface area contributed by atoms with Crippen molar-refractivity contribution in [2.75, 3.05) is 12.4 Å². The van der Waals surface area contributed by atoms with Gasteiger partial charge in [-0.2, -0.15) is 0 Å². The van der Waals surface area contributed by atoms with Crippen molar-refractivity contribution >= 4 is 45.3 Å². The van der Waals surface area contributed by atoms with Crippen LogP contribution in [0.5, 0.6) is 5.75 Å². The molecule has 0 atom stereocenters. The lowest BCUT2D eigenvalue weighted by molar-refractivity contribution is 0.419. The first-order valence-corrected chi connectivity index (χ1v) is 13.3. The van der Waals surface area contributed by atoms with Crippen LogP contribution >= 0.6 is 7.14 Å². The SMILES string of the molecule is COc1cccc2c(Nc3ccccc3C)c(P(=O)(c3ccccc3)c3ccccc3)c(C)nc12. The van der Waals surface area contributed by atoms with Gasteiger partial charge in [0.2, 0.25) is 0 Å². The van der Waals surface area contributed by atoms with Crippen LogP contribution in [0.1, 0.15) is 11.3 Å². The van der Waals surface area contributed by atoms with Gasteiger partial charge in [-0.3, -0.25) is 0 Å². The van der Waals surface area contributed by atoms with E-state index in [0.717, 1.165) is 38.5 Å². The second-order valence-electron chi connectivity index (χ2n) is 8.50. The van der Waals surface area contributed by atoms with Gasteiger partial charge in [-0.1, -0.05) is 91.0 Å². The van der Waals surface area contributed by atoms with Crippen molar-refractivity contribution in [3.8, 4) is 5.75 Å². The number of fused-ring (bicyclic) bond motifs is 1. The van der Waals surface area contributed by atoms with Gasteiger partial charge in [-0.15, -0.1) is 0 Å². The third-order valence-corrected chi connectivity index (χ3v) is 9.53. The Hall–Kier alpha value is -3.88. The van der Waals surface area contributed by atoms with E-state index in [4.69, 9.17) is 9.72 Å². The van der Waals surface area contributed by atoms with Gasteiger partial charge < -0.3 is 14.6 Å². The Bertz CT molecular complexity index is 1510. The van der Waals surface area contributed by atoms with Crippen molar-refractivity contribution < 1.29 is 9.30 Å². The minimum atomic E-state index is -3.30. The summed E-state index contributed by atoms with van der Waals surface area (Å²) in [6, 6.07) is 33.4. The summed E-state index contributed by atoms with van der Waals surface area (Å²) in [5.41, 5.74) is 4.28. The molecule has 0 unspecified atom stereocenters. The first kappa shape index (κ1) is 22.9. The number of ether oxygens (including phenoxy) is 1. The summed E-state index contributed by atoms with van der Waals surface area (Å²) in [4.78, 5) is 4.95. The fourth-order valence-electron chi connectivity index (χ4n) is 4.58. The lowest BCUT2D eigenvalue weighted by Gasteiger charge is -2.26. The van der Waals surface area contributed by atoms with Gasteiger partial charge in [0.15, 0.2) is 7.14 Å². The zero-order valence-electron chi connectivity index (χ0n) is 20.0. The average Bonchev–Trinajstić information content (AvgIpc) is 2.90. The van der Waals surface area contributed by atoms with Crippen LogP contribution in [0.25, 0.3) is 10.9 Å². The zero-order valence-corrected chi connectivity index (χ0v) is 20.9. The Kier molecular flexibility index (Phi) is 6.15. The van der Waals surface area contributed by atoms with Gasteiger partial charge in [-0.25, -0.2) is 4.98 Å². The molecule has 1 N–H and O–H groups in total. The summed E-state index contributed by atoms with van der Waals surface area (Å²) < 4.78 is 21.1. The highest BCUT2D eigenvalue weighted by Gasteiger charge is 2.35. The number of aryl methyl sites for hydroxylation is 2. The molecule has 0 spiro atoms. The molecule has 5 aromatic rings. The quantitative estimate of drug-likeness (QED) is 0.294. The van der Waals surface area contributed by atoms with Crippen molar-refractivity contribution in [3.63, 3.8) is 0 Å². The number of rotatable bonds is 6. The fourth-order valence-corrected chi connectivity index (χ4v) is 7.57. The Morgan fingerprint density at radius 3 is 1.94 bits per heavy atom. The average molecular weight is 479 g/mol. The van der Waals surface area contributed by atoms with E-state index in [1.54, 1.807) is 7.11 Å². The number of nitrogens with zero attached hydrogens (tertiary/aromatic N) is 1. The highest BCUT2D eigenvalue weighted by atomic mass is 31.2. The molecule has 4 aromatic carbocycles. The van der Waals surface area contributed by atoms with E-state index in [0.29, 0.717) is 16.7 Å². The largest absolute Gasteiger partial charge is 0.494 e. The maximum Gasteiger partial charge on any atom is 0.174 e. The van der Waals surface area contributed by atoms with Crippen LogP contribution in [0.3, 0.4) is 0 Å². The van der Waals surface area contributed by atoms with Crippen molar-refractivity contribution in [3.05, 3.63) is 114 Å². The van der Waals surface area contributed by atoms with E-state index in [9.17, 15) is 0 Å². The number of benzene rings is 4. The van der Waals surface area contributed by atoms with E-state index in [2.05, 4.69) is 18.3 Å².